The number of quaternary nitrogens is 1. The minimum Gasteiger partial charge on any atom is -0.545 e. The average molecular weight is 1380 g/mol. The number of carboxylic acid groups (broad SMARTS) is 1. The summed E-state index contributed by atoms with van der Waals surface area (Å²) in [6, 6.07) is 0. The third-order valence-electron chi connectivity index (χ3n) is 19.5. The number of unbranched alkanes of at least 4 members (excludes halogenated alkanes) is 56. The molecule has 0 heterocycles. The van der Waals surface area contributed by atoms with Gasteiger partial charge in [0.2, 0.25) is 0 Å². The van der Waals surface area contributed by atoms with E-state index < -0.39 is 24.3 Å². The van der Waals surface area contributed by atoms with Crippen LogP contribution in [0.3, 0.4) is 0 Å². The molecule has 0 bridgehead atoms. The molecule has 0 radical (unpaired) electrons. The summed E-state index contributed by atoms with van der Waals surface area (Å²) in [6.07, 6.45) is 104. The second kappa shape index (κ2) is 79.7. The largest absolute Gasteiger partial charge is 0.545 e. The number of aliphatic carboxylic acids is 1. The van der Waals surface area contributed by atoms with Crippen molar-refractivity contribution in [2.24, 2.45) is 0 Å². The second-order valence-electron chi connectivity index (χ2n) is 30.5. The molecular weight excluding hydrogens is 1210 g/mol. The molecule has 9 heteroatoms. The van der Waals surface area contributed by atoms with Crippen LogP contribution in [0.5, 0.6) is 0 Å². The van der Waals surface area contributed by atoms with Crippen molar-refractivity contribution >= 4 is 17.9 Å². The number of rotatable bonds is 81. The van der Waals surface area contributed by atoms with Crippen molar-refractivity contribution in [3.8, 4) is 0 Å². The van der Waals surface area contributed by atoms with Crippen LogP contribution in [0.1, 0.15) is 431 Å². The zero-order valence-corrected chi connectivity index (χ0v) is 65.9. The van der Waals surface area contributed by atoms with Crippen molar-refractivity contribution in [1.29, 1.82) is 0 Å². The summed E-state index contributed by atoms with van der Waals surface area (Å²) >= 11 is 0. The normalized spacial score (nSPS) is 12.9. The second-order valence-corrected chi connectivity index (χ2v) is 30.5. The molecule has 0 aliphatic rings. The van der Waals surface area contributed by atoms with Gasteiger partial charge in [-0.3, -0.25) is 9.59 Å². The lowest BCUT2D eigenvalue weighted by molar-refractivity contribution is -0.870. The molecule has 9 nitrogen and oxygen atoms in total. The fourth-order valence-electron chi connectivity index (χ4n) is 13.0. The molecule has 0 N–H and O–H groups in total. The number of hydrogen-bond donors (Lipinski definition) is 0. The highest BCUT2D eigenvalue weighted by Crippen LogP contribution is 2.21. The maximum Gasteiger partial charge on any atom is 0.306 e. The van der Waals surface area contributed by atoms with Gasteiger partial charge >= 0.3 is 11.9 Å². The Morgan fingerprint density at radius 3 is 0.867 bits per heavy atom. The summed E-state index contributed by atoms with van der Waals surface area (Å²) in [5.41, 5.74) is 0. The first-order chi connectivity index (χ1) is 48.1. The monoisotopic (exact) mass is 1380 g/mol. The third kappa shape index (κ3) is 80.3. The minimum atomic E-state index is -1.62. The Hall–Kier alpha value is -3.01. The Kier molecular flexibility index (Phi) is 77.2. The van der Waals surface area contributed by atoms with Crippen molar-refractivity contribution in [2.45, 2.75) is 444 Å². The van der Waals surface area contributed by atoms with Gasteiger partial charge in [0, 0.05) is 12.8 Å². The molecule has 0 aliphatic carbocycles. The molecule has 0 rings (SSSR count). The fourth-order valence-corrected chi connectivity index (χ4v) is 13.0. The molecule has 0 saturated heterocycles. The summed E-state index contributed by atoms with van der Waals surface area (Å²) in [4.78, 5) is 37.7. The molecular formula is C89H165NO8. The average Bonchev–Trinajstić information content (AvgIpc) is 1.14. The highest BCUT2D eigenvalue weighted by molar-refractivity contribution is 5.70. The number of esters is 2. The van der Waals surface area contributed by atoms with E-state index in [1.807, 2.05) is 21.1 Å². The number of carboxylic acids is 1. The van der Waals surface area contributed by atoms with E-state index in [1.165, 1.54) is 334 Å². The van der Waals surface area contributed by atoms with Crippen LogP contribution < -0.4 is 5.11 Å². The van der Waals surface area contributed by atoms with E-state index in [0.29, 0.717) is 23.9 Å². The van der Waals surface area contributed by atoms with Crippen LogP contribution in [-0.4, -0.2) is 82.3 Å². The Balaban J connectivity index is 3.92. The summed E-state index contributed by atoms with van der Waals surface area (Å²) < 4.78 is 22.9. The zero-order chi connectivity index (χ0) is 71.1. The molecule has 0 spiro atoms. The van der Waals surface area contributed by atoms with E-state index in [-0.39, 0.29) is 32.2 Å². The van der Waals surface area contributed by atoms with Gasteiger partial charge in [-0.1, -0.05) is 421 Å². The topological polar surface area (TPSA) is 111 Å². The van der Waals surface area contributed by atoms with Gasteiger partial charge in [-0.25, -0.2) is 0 Å². The number of carbonyl (C=O) groups excluding carboxylic acids is 3. The first-order valence-electron chi connectivity index (χ1n) is 42.9. The smallest absolute Gasteiger partial charge is 0.306 e. The quantitative estimate of drug-likeness (QED) is 0.0195. The Morgan fingerprint density at radius 2 is 0.582 bits per heavy atom. The molecule has 2 atom stereocenters. The maximum absolute atomic E-state index is 13.0. The molecule has 0 aromatic heterocycles. The first kappa shape index (κ1) is 95.0. The van der Waals surface area contributed by atoms with Gasteiger partial charge < -0.3 is 33.3 Å². The summed E-state index contributed by atoms with van der Waals surface area (Å²) in [6.45, 7) is 4.71. The predicted octanol–water partition coefficient (Wildman–Crippen LogP) is 26.4. The standard InChI is InChI=1S/C89H165NO8/c1-6-8-10-12-14-16-18-20-22-24-26-28-30-32-34-36-38-40-41-42-43-44-45-46-48-49-51-53-55-57-59-61-63-65-67-69-71-73-75-77-79-86(91)96-83-85(84-97-89(88(93)94)95-82-81-90(3,4)5)98-87(92)80-78-76-74-72-70-68-66-64-62-60-58-56-54-52-50-47-39-37-35-33-31-29-27-25-23-21-19-17-15-13-11-9-7-2/h9,11,15,17,21,23,27,29,33,35,85,89H,6-8,10,12-14,16,18-20,22,24-26,28,30-32,34,36-84H2,1-5H3/b11-9-,17-15-,23-21-,29-27-,35-33-. The van der Waals surface area contributed by atoms with Crippen molar-refractivity contribution in [3.05, 3.63) is 60.8 Å². The summed E-state index contributed by atoms with van der Waals surface area (Å²) in [5, 5.41) is 11.9. The van der Waals surface area contributed by atoms with Crippen molar-refractivity contribution in [3.63, 3.8) is 0 Å². The highest BCUT2D eigenvalue weighted by atomic mass is 16.7. The predicted molar refractivity (Wildman–Crippen MR) is 422 cm³/mol. The molecule has 0 aromatic carbocycles. The molecule has 574 valence electrons. The van der Waals surface area contributed by atoms with E-state index in [0.717, 1.165) is 64.2 Å². The van der Waals surface area contributed by atoms with Crippen LogP contribution in [0.15, 0.2) is 60.8 Å². The first-order valence-corrected chi connectivity index (χ1v) is 42.9. The van der Waals surface area contributed by atoms with Crippen LogP contribution in [0.2, 0.25) is 0 Å². The van der Waals surface area contributed by atoms with Gasteiger partial charge in [-0.05, 0) is 57.8 Å². The van der Waals surface area contributed by atoms with Gasteiger partial charge in [-0.15, -0.1) is 0 Å². The highest BCUT2D eigenvalue weighted by Gasteiger charge is 2.22. The van der Waals surface area contributed by atoms with Crippen molar-refractivity contribution < 1.29 is 42.9 Å². The summed E-state index contributed by atoms with van der Waals surface area (Å²) in [7, 11) is 5.95. The Morgan fingerprint density at radius 1 is 0.316 bits per heavy atom. The molecule has 98 heavy (non-hydrogen) atoms. The van der Waals surface area contributed by atoms with E-state index >= 15 is 0 Å². The number of nitrogens with zero attached hydrogens (tertiary/aromatic N) is 1. The molecule has 0 saturated carbocycles. The number of ether oxygens (including phenoxy) is 4. The van der Waals surface area contributed by atoms with Gasteiger partial charge in [0.1, 0.15) is 13.2 Å². The van der Waals surface area contributed by atoms with Gasteiger partial charge in [-0.2, -0.15) is 0 Å². The van der Waals surface area contributed by atoms with Crippen molar-refractivity contribution in [2.75, 3.05) is 47.5 Å². The lowest BCUT2D eigenvalue weighted by Gasteiger charge is -2.26. The molecule has 0 aliphatic heterocycles. The number of likely N-dealkylation sites (N-methyl/N-ethyl adjacent to an activating group) is 1. The van der Waals surface area contributed by atoms with Crippen LogP contribution in [0, 0.1) is 0 Å². The fraction of sp³-hybridized carbons (Fsp3) is 0.854. The third-order valence-corrected chi connectivity index (χ3v) is 19.5. The minimum absolute atomic E-state index is 0.149. The lowest BCUT2D eigenvalue weighted by atomic mass is 10.0. The SMILES string of the molecule is CC/C=C\C/C=C\C/C=C\C/C=C\C/C=C\CCCCCCCCCCCCCCCCCCCC(=O)OC(COC(=O)CCCCCCCCCCCCCCCCCCCCCCCCCCCCCCCCCCCCCCCCCC)COC(OCC[N+](C)(C)C)C(=O)[O-]. The number of carbonyl (C=O) groups is 3. The van der Waals surface area contributed by atoms with Gasteiger partial charge in [0.05, 0.1) is 40.3 Å². The maximum atomic E-state index is 13.0. The molecule has 0 fully saturated rings. The Labute approximate surface area is 609 Å². The van der Waals surface area contributed by atoms with Crippen LogP contribution in [0.4, 0.5) is 0 Å². The van der Waals surface area contributed by atoms with Crippen LogP contribution in [-0.2, 0) is 33.3 Å². The van der Waals surface area contributed by atoms with E-state index in [9.17, 15) is 19.5 Å². The lowest BCUT2D eigenvalue weighted by Crippen LogP contribution is -2.44. The van der Waals surface area contributed by atoms with E-state index in [1.54, 1.807) is 0 Å². The molecule has 2 unspecified atom stereocenters. The van der Waals surface area contributed by atoms with E-state index in [2.05, 4.69) is 74.6 Å². The van der Waals surface area contributed by atoms with Crippen molar-refractivity contribution in [1.82, 2.24) is 0 Å². The van der Waals surface area contributed by atoms with Crippen LogP contribution >= 0.6 is 0 Å². The zero-order valence-electron chi connectivity index (χ0n) is 65.9. The summed E-state index contributed by atoms with van der Waals surface area (Å²) in [5.74, 6) is -2.25. The van der Waals surface area contributed by atoms with Gasteiger partial charge in [0.15, 0.2) is 12.4 Å². The molecule has 0 amide bonds. The molecule has 0 aromatic rings. The van der Waals surface area contributed by atoms with Crippen LogP contribution in [0.25, 0.3) is 0 Å². The number of hydrogen-bond acceptors (Lipinski definition) is 8. The van der Waals surface area contributed by atoms with E-state index in [4.69, 9.17) is 18.9 Å². The van der Waals surface area contributed by atoms with Gasteiger partial charge in [0.25, 0.3) is 0 Å². The Bertz CT molecular complexity index is 1800. The number of allylic oxidation sites excluding steroid dienone is 10.